The minimum absolute atomic E-state index is 0.126. The summed E-state index contributed by atoms with van der Waals surface area (Å²) < 4.78 is 16.1. The molecule has 6 nitrogen and oxygen atoms in total. The van der Waals surface area contributed by atoms with Crippen LogP contribution in [0.3, 0.4) is 0 Å². The fourth-order valence-electron chi connectivity index (χ4n) is 1.49. The second-order valence-corrected chi connectivity index (χ2v) is 3.33. The molecular formula is C10H11N3O3. The van der Waals surface area contributed by atoms with Crippen LogP contribution in [0.1, 0.15) is 0 Å². The highest BCUT2D eigenvalue weighted by atomic mass is 16.6. The molecule has 6 heteroatoms. The van der Waals surface area contributed by atoms with Crippen LogP contribution in [0, 0.1) is 0 Å². The van der Waals surface area contributed by atoms with E-state index in [4.69, 9.17) is 19.7 Å². The lowest BCUT2D eigenvalue weighted by Gasteiger charge is -2.26. The van der Waals surface area contributed by atoms with Gasteiger partial charge in [-0.3, -0.25) is 0 Å². The van der Waals surface area contributed by atoms with E-state index in [2.05, 4.69) is 10.0 Å². The Labute approximate surface area is 92.4 Å². The van der Waals surface area contributed by atoms with Crippen molar-refractivity contribution in [3.63, 3.8) is 0 Å². The zero-order valence-electron chi connectivity index (χ0n) is 8.79. The van der Waals surface area contributed by atoms with Crippen LogP contribution < -0.4 is 9.47 Å². The Hall–Kier alpha value is -1.91. The molecule has 1 aliphatic rings. The monoisotopic (exact) mass is 221 g/mol. The standard InChI is InChI=1S/C10H11N3O3/c1-14-5-8-6-15-9-3-2-7(12-13-11)4-10(9)16-8/h2-4,8H,5-6H2,1H3. The third-order valence-corrected chi connectivity index (χ3v) is 2.16. The quantitative estimate of drug-likeness (QED) is 0.446. The van der Waals surface area contributed by atoms with E-state index in [9.17, 15) is 0 Å². The molecule has 16 heavy (non-hydrogen) atoms. The Morgan fingerprint density at radius 2 is 2.44 bits per heavy atom. The molecular weight excluding hydrogens is 210 g/mol. The Bertz CT molecular complexity index is 429. The molecule has 2 rings (SSSR count). The van der Waals surface area contributed by atoms with E-state index < -0.39 is 0 Å². The number of hydrogen-bond donors (Lipinski definition) is 0. The summed E-state index contributed by atoms with van der Waals surface area (Å²) in [5.41, 5.74) is 8.83. The fraction of sp³-hybridized carbons (Fsp3) is 0.400. The van der Waals surface area contributed by atoms with Crippen molar-refractivity contribution in [1.29, 1.82) is 0 Å². The molecule has 0 radical (unpaired) electrons. The first-order chi connectivity index (χ1) is 7.83. The van der Waals surface area contributed by atoms with Crippen molar-refractivity contribution >= 4 is 5.69 Å². The average Bonchev–Trinajstić information content (AvgIpc) is 2.29. The lowest BCUT2D eigenvalue weighted by molar-refractivity contribution is 0.0273. The first-order valence-corrected chi connectivity index (χ1v) is 4.81. The summed E-state index contributed by atoms with van der Waals surface area (Å²) in [7, 11) is 1.61. The summed E-state index contributed by atoms with van der Waals surface area (Å²) >= 11 is 0. The molecule has 0 bridgehead atoms. The molecule has 1 atom stereocenters. The zero-order chi connectivity index (χ0) is 11.4. The third-order valence-electron chi connectivity index (χ3n) is 2.16. The number of nitrogens with zero attached hydrogens (tertiary/aromatic N) is 3. The Morgan fingerprint density at radius 1 is 1.56 bits per heavy atom. The van der Waals surface area contributed by atoms with Crippen LogP contribution in [0.5, 0.6) is 11.5 Å². The molecule has 0 aromatic heterocycles. The van der Waals surface area contributed by atoms with Crippen molar-refractivity contribution in [3.8, 4) is 11.5 Å². The lowest BCUT2D eigenvalue weighted by Crippen LogP contribution is -2.32. The maximum absolute atomic E-state index is 8.33. The second kappa shape index (κ2) is 4.74. The van der Waals surface area contributed by atoms with Crippen molar-refractivity contribution in [2.75, 3.05) is 20.3 Å². The SMILES string of the molecule is COCC1COc2ccc(N=[N+]=[N-])cc2O1. The van der Waals surface area contributed by atoms with Gasteiger partial charge >= 0.3 is 0 Å². The number of methoxy groups -OCH3 is 1. The number of rotatable bonds is 3. The van der Waals surface area contributed by atoms with Crippen LogP contribution in [0.4, 0.5) is 5.69 Å². The van der Waals surface area contributed by atoms with Gasteiger partial charge in [0, 0.05) is 17.7 Å². The largest absolute Gasteiger partial charge is 0.486 e. The topological polar surface area (TPSA) is 76.5 Å². The van der Waals surface area contributed by atoms with Crippen LogP contribution in [0.2, 0.25) is 0 Å². The van der Waals surface area contributed by atoms with Crippen LogP contribution in [0.15, 0.2) is 23.3 Å². The van der Waals surface area contributed by atoms with Crippen molar-refractivity contribution in [1.82, 2.24) is 0 Å². The minimum atomic E-state index is -0.126. The highest BCUT2D eigenvalue weighted by Crippen LogP contribution is 2.35. The van der Waals surface area contributed by atoms with Gasteiger partial charge in [-0.25, -0.2) is 0 Å². The van der Waals surface area contributed by atoms with E-state index >= 15 is 0 Å². The number of hydrogen-bond acceptors (Lipinski definition) is 4. The van der Waals surface area contributed by atoms with Crippen LogP contribution in [0.25, 0.3) is 10.4 Å². The van der Waals surface area contributed by atoms with Gasteiger partial charge in [-0.1, -0.05) is 5.11 Å². The van der Waals surface area contributed by atoms with Crippen molar-refractivity contribution in [2.24, 2.45) is 5.11 Å². The van der Waals surface area contributed by atoms with Crippen molar-refractivity contribution in [2.45, 2.75) is 6.10 Å². The van der Waals surface area contributed by atoms with E-state index in [-0.39, 0.29) is 6.10 Å². The summed E-state index contributed by atoms with van der Waals surface area (Å²) in [6.45, 7) is 0.924. The van der Waals surface area contributed by atoms with E-state index in [0.717, 1.165) is 0 Å². The molecule has 84 valence electrons. The lowest BCUT2D eigenvalue weighted by atomic mass is 10.2. The highest BCUT2D eigenvalue weighted by Gasteiger charge is 2.20. The predicted molar refractivity (Wildman–Crippen MR) is 57.0 cm³/mol. The summed E-state index contributed by atoms with van der Waals surface area (Å²) in [5, 5.41) is 3.50. The highest BCUT2D eigenvalue weighted by molar-refractivity contribution is 5.52. The molecule has 0 N–H and O–H groups in total. The summed E-state index contributed by atoms with van der Waals surface area (Å²) in [6.07, 6.45) is -0.126. The molecule has 1 heterocycles. The molecule has 1 unspecified atom stereocenters. The van der Waals surface area contributed by atoms with E-state index in [1.807, 2.05) is 0 Å². The van der Waals surface area contributed by atoms with Gasteiger partial charge in [-0.05, 0) is 23.7 Å². The smallest absolute Gasteiger partial charge is 0.162 e. The zero-order valence-corrected chi connectivity index (χ0v) is 8.79. The fourth-order valence-corrected chi connectivity index (χ4v) is 1.49. The van der Waals surface area contributed by atoms with Gasteiger partial charge in [0.2, 0.25) is 0 Å². The average molecular weight is 221 g/mol. The molecule has 1 aliphatic heterocycles. The maximum Gasteiger partial charge on any atom is 0.162 e. The van der Waals surface area contributed by atoms with Gasteiger partial charge in [-0.2, -0.15) is 0 Å². The summed E-state index contributed by atoms with van der Waals surface area (Å²) in [4.78, 5) is 2.71. The normalized spacial score (nSPS) is 17.7. The van der Waals surface area contributed by atoms with Gasteiger partial charge in [0.05, 0.1) is 6.61 Å². The van der Waals surface area contributed by atoms with Crippen LogP contribution in [-0.2, 0) is 4.74 Å². The van der Waals surface area contributed by atoms with Gasteiger partial charge < -0.3 is 14.2 Å². The second-order valence-electron chi connectivity index (χ2n) is 3.33. The molecule has 1 aromatic carbocycles. The van der Waals surface area contributed by atoms with E-state index in [1.165, 1.54) is 0 Å². The van der Waals surface area contributed by atoms with Gasteiger partial charge in [0.1, 0.15) is 6.61 Å². The molecule has 0 saturated heterocycles. The van der Waals surface area contributed by atoms with Gasteiger partial charge in [0.25, 0.3) is 0 Å². The van der Waals surface area contributed by atoms with Crippen LogP contribution >= 0.6 is 0 Å². The molecule has 0 amide bonds. The van der Waals surface area contributed by atoms with Gasteiger partial charge in [-0.15, -0.1) is 0 Å². The third kappa shape index (κ3) is 2.18. The van der Waals surface area contributed by atoms with Crippen molar-refractivity contribution in [3.05, 3.63) is 28.6 Å². The number of azide groups is 1. The number of fused-ring (bicyclic) bond motifs is 1. The molecule has 0 saturated carbocycles. The van der Waals surface area contributed by atoms with E-state index in [1.54, 1.807) is 25.3 Å². The molecule has 0 fully saturated rings. The minimum Gasteiger partial charge on any atom is -0.486 e. The Kier molecular flexibility index (Phi) is 3.14. The summed E-state index contributed by atoms with van der Waals surface area (Å²) in [5.74, 6) is 1.24. The number of benzene rings is 1. The first-order valence-electron chi connectivity index (χ1n) is 4.81. The molecule has 0 aliphatic carbocycles. The molecule has 1 aromatic rings. The predicted octanol–water partition coefficient (Wildman–Crippen LogP) is 2.41. The van der Waals surface area contributed by atoms with Gasteiger partial charge in [0.15, 0.2) is 17.6 Å². The first kappa shape index (κ1) is 10.6. The van der Waals surface area contributed by atoms with E-state index in [0.29, 0.717) is 30.4 Å². The van der Waals surface area contributed by atoms with Crippen molar-refractivity contribution < 1.29 is 14.2 Å². The van der Waals surface area contributed by atoms with Crippen LogP contribution in [-0.4, -0.2) is 26.4 Å². The maximum atomic E-state index is 8.33. The Balaban J connectivity index is 2.21. The summed E-state index contributed by atoms with van der Waals surface area (Å²) in [6, 6.07) is 5.05. The Morgan fingerprint density at radius 3 is 3.19 bits per heavy atom. The molecule has 0 spiro atoms. The number of ether oxygens (including phenoxy) is 3.